The van der Waals surface area contributed by atoms with Crippen molar-refractivity contribution in [3.05, 3.63) is 29.8 Å². The standard InChI is InChI=1S/C9H8N2O3/c10-5-7-1-3-8(4-2-7)11-14-6-9(12)13/h1-4,11H,6H2,(H,12,13). The minimum atomic E-state index is -1.05. The van der Waals surface area contributed by atoms with Crippen LogP contribution in [0.3, 0.4) is 0 Å². The molecule has 5 nitrogen and oxygen atoms in total. The van der Waals surface area contributed by atoms with Gasteiger partial charge in [0.2, 0.25) is 0 Å². The molecule has 0 fully saturated rings. The Labute approximate surface area is 80.5 Å². The van der Waals surface area contributed by atoms with E-state index in [2.05, 4.69) is 10.3 Å². The second-order valence-electron chi connectivity index (χ2n) is 2.47. The Hall–Kier alpha value is -2.06. The molecule has 1 rings (SSSR count). The van der Waals surface area contributed by atoms with Crippen molar-refractivity contribution in [2.45, 2.75) is 0 Å². The Balaban J connectivity index is 2.45. The maximum atomic E-state index is 10.1. The van der Waals surface area contributed by atoms with Crippen molar-refractivity contribution in [1.29, 1.82) is 5.26 Å². The number of hydrogen-bond acceptors (Lipinski definition) is 4. The van der Waals surface area contributed by atoms with E-state index in [0.29, 0.717) is 11.3 Å². The highest BCUT2D eigenvalue weighted by atomic mass is 16.7. The number of carboxylic acid groups (broad SMARTS) is 1. The van der Waals surface area contributed by atoms with Crippen molar-refractivity contribution in [2.75, 3.05) is 12.1 Å². The topological polar surface area (TPSA) is 82.3 Å². The van der Waals surface area contributed by atoms with Gasteiger partial charge in [-0.2, -0.15) is 5.26 Å². The van der Waals surface area contributed by atoms with Gasteiger partial charge >= 0.3 is 5.97 Å². The summed E-state index contributed by atoms with van der Waals surface area (Å²) in [4.78, 5) is 14.7. The minimum absolute atomic E-state index is 0.417. The molecule has 0 heterocycles. The van der Waals surface area contributed by atoms with E-state index < -0.39 is 12.6 Å². The van der Waals surface area contributed by atoms with Gasteiger partial charge in [0, 0.05) is 0 Å². The number of carboxylic acids is 1. The quantitative estimate of drug-likeness (QED) is 0.695. The van der Waals surface area contributed by atoms with Crippen LogP contribution in [0.1, 0.15) is 5.56 Å². The van der Waals surface area contributed by atoms with Gasteiger partial charge in [-0.1, -0.05) is 0 Å². The molecular formula is C9H8N2O3. The number of benzene rings is 1. The monoisotopic (exact) mass is 192 g/mol. The molecule has 0 bridgehead atoms. The van der Waals surface area contributed by atoms with Gasteiger partial charge in [-0.05, 0) is 24.3 Å². The van der Waals surface area contributed by atoms with Crippen LogP contribution >= 0.6 is 0 Å². The zero-order valence-corrected chi connectivity index (χ0v) is 7.23. The summed E-state index contributed by atoms with van der Waals surface area (Å²) in [6.45, 7) is -0.417. The van der Waals surface area contributed by atoms with Crippen LogP contribution in [0.15, 0.2) is 24.3 Å². The van der Waals surface area contributed by atoms with E-state index in [4.69, 9.17) is 10.4 Å². The fraction of sp³-hybridized carbons (Fsp3) is 0.111. The lowest BCUT2D eigenvalue weighted by Gasteiger charge is -2.03. The number of nitrogens with zero attached hydrogens (tertiary/aromatic N) is 1. The Morgan fingerprint density at radius 1 is 1.50 bits per heavy atom. The first kappa shape index (κ1) is 10.0. The van der Waals surface area contributed by atoms with Gasteiger partial charge < -0.3 is 5.11 Å². The largest absolute Gasteiger partial charge is 0.479 e. The predicted octanol–water partition coefficient (Wildman–Crippen LogP) is 0.986. The van der Waals surface area contributed by atoms with Crippen molar-refractivity contribution >= 4 is 11.7 Å². The molecule has 0 unspecified atom stereocenters. The third kappa shape index (κ3) is 3.13. The molecule has 5 heteroatoms. The highest BCUT2D eigenvalue weighted by Crippen LogP contribution is 2.08. The van der Waals surface area contributed by atoms with Gasteiger partial charge in [-0.25, -0.2) is 4.79 Å². The molecule has 2 N–H and O–H groups in total. The number of nitrogens with one attached hydrogen (secondary N) is 1. The first-order valence-corrected chi connectivity index (χ1v) is 3.82. The molecular weight excluding hydrogens is 184 g/mol. The molecule has 14 heavy (non-hydrogen) atoms. The van der Waals surface area contributed by atoms with Crippen LogP contribution in [0.5, 0.6) is 0 Å². The maximum Gasteiger partial charge on any atom is 0.332 e. The second-order valence-corrected chi connectivity index (χ2v) is 2.47. The molecule has 0 saturated heterocycles. The zero-order valence-electron chi connectivity index (χ0n) is 7.23. The summed E-state index contributed by atoms with van der Waals surface area (Å²) < 4.78 is 0. The molecule has 0 aromatic heterocycles. The minimum Gasteiger partial charge on any atom is -0.479 e. The van der Waals surface area contributed by atoms with E-state index in [1.165, 1.54) is 0 Å². The van der Waals surface area contributed by atoms with Crippen molar-refractivity contribution < 1.29 is 14.7 Å². The van der Waals surface area contributed by atoms with Crippen LogP contribution in [-0.2, 0) is 9.63 Å². The summed E-state index contributed by atoms with van der Waals surface area (Å²) in [5.41, 5.74) is 3.58. The number of hydrogen-bond donors (Lipinski definition) is 2. The average molecular weight is 192 g/mol. The van der Waals surface area contributed by atoms with E-state index in [-0.39, 0.29) is 0 Å². The number of carbonyl (C=O) groups is 1. The molecule has 0 saturated carbocycles. The van der Waals surface area contributed by atoms with E-state index >= 15 is 0 Å². The third-order valence-electron chi connectivity index (χ3n) is 1.40. The first-order chi connectivity index (χ1) is 6.72. The van der Waals surface area contributed by atoms with Crippen LogP contribution in [0.25, 0.3) is 0 Å². The average Bonchev–Trinajstić information content (AvgIpc) is 2.18. The van der Waals surface area contributed by atoms with Crippen LogP contribution in [0, 0.1) is 11.3 Å². The van der Waals surface area contributed by atoms with Gasteiger partial charge in [0.1, 0.15) is 0 Å². The third-order valence-corrected chi connectivity index (χ3v) is 1.40. The molecule has 1 aromatic carbocycles. The smallest absolute Gasteiger partial charge is 0.332 e. The summed E-state index contributed by atoms with van der Waals surface area (Å²) in [6.07, 6.45) is 0. The molecule has 0 aliphatic carbocycles. The SMILES string of the molecule is N#Cc1ccc(NOCC(=O)O)cc1. The number of anilines is 1. The summed E-state index contributed by atoms with van der Waals surface area (Å²) >= 11 is 0. The Bertz CT molecular complexity index is 353. The second kappa shape index (κ2) is 4.84. The molecule has 0 aliphatic heterocycles. The zero-order chi connectivity index (χ0) is 10.4. The molecule has 0 radical (unpaired) electrons. The molecule has 0 spiro atoms. The number of nitriles is 1. The van der Waals surface area contributed by atoms with Crippen molar-refractivity contribution in [3.63, 3.8) is 0 Å². The van der Waals surface area contributed by atoms with Gasteiger partial charge in [-0.3, -0.25) is 10.3 Å². The van der Waals surface area contributed by atoms with E-state index in [1.54, 1.807) is 24.3 Å². The van der Waals surface area contributed by atoms with Crippen LogP contribution in [0.4, 0.5) is 5.69 Å². The van der Waals surface area contributed by atoms with Crippen molar-refractivity contribution in [1.82, 2.24) is 0 Å². The first-order valence-electron chi connectivity index (χ1n) is 3.82. The van der Waals surface area contributed by atoms with Crippen LogP contribution < -0.4 is 5.48 Å². The van der Waals surface area contributed by atoms with Gasteiger partial charge in [0.05, 0.1) is 17.3 Å². The number of rotatable bonds is 4. The predicted molar refractivity (Wildman–Crippen MR) is 48.4 cm³/mol. The summed E-state index contributed by atoms with van der Waals surface area (Å²) in [5, 5.41) is 16.8. The van der Waals surface area contributed by atoms with Gasteiger partial charge in [0.25, 0.3) is 0 Å². The Morgan fingerprint density at radius 2 is 2.14 bits per heavy atom. The van der Waals surface area contributed by atoms with Gasteiger partial charge in [0.15, 0.2) is 6.61 Å². The van der Waals surface area contributed by atoms with Crippen molar-refractivity contribution in [3.8, 4) is 6.07 Å². The fourth-order valence-electron chi connectivity index (χ4n) is 0.794. The lowest BCUT2D eigenvalue weighted by Crippen LogP contribution is -2.11. The summed E-state index contributed by atoms with van der Waals surface area (Å²) in [7, 11) is 0. The Morgan fingerprint density at radius 3 is 2.64 bits per heavy atom. The Kier molecular flexibility index (Phi) is 3.47. The fourth-order valence-corrected chi connectivity index (χ4v) is 0.794. The van der Waals surface area contributed by atoms with E-state index in [1.807, 2.05) is 6.07 Å². The lowest BCUT2D eigenvalue weighted by atomic mass is 10.2. The van der Waals surface area contributed by atoms with Gasteiger partial charge in [-0.15, -0.1) is 0 Å². The molecule has 0 atom stereocenters. The van der Waals surface area contributed by atoms with E-state index in [9.17, 15) is 4.79 Å². The van der Waals surface area contributed by atoms with Crippen molar-refractivity contribution in [2.24, 2.45) is 0 Å². The van der Waals surface area contributed by atoms with E-state index in [0.717, 1.165) is 0 Å². The van der Waals surface area contributed by atoms with Crippen LogP contribution in [-0.4, -0.2) is 17.7 Å². The molecule has 72 valence electrons. The maximum absolute atomic E-state index is 10.1. The summed E-state index contributed by atoms with van der Waals surface area (Å²) in [6, 6.07) is 8.42. The molecule has 1 aromatic rings. The molecule has 0 aliphatic rings. The lowest BCUT2D eigenvalue weighted by molar-refractivity contribution is -0.141. The van der Waals surface area contributed by atoms with Crippen LogP contribution in [0.2, 0.25) is 0 Å². The molecule has 0 amide bonds. The number of aliphatic carboxylic acids is 1. The summed E-state index contributed by atoms with van der Waals surface area (Å²) in [5.74, 6) is -1.05. The highest BCUT2D eigenvalue weighted by molar-refractivity contribution is 5.68. The normalized spacial score (nSPS) is 9.07. The highest BCUT2D eigenvalue weighted by Gasteiger charge is 1.96.